The lowest BCUT2D eigenvalue weighted by Gasteiger charge is -2.22. The van der Waals surface area contributed by atoms with Crippen LogP contribution >= 0.6 is 0 Å². The highest BCUT2D eigenvalue weighted by atomic mass is 16.6. The number of carboxylic acids is 1. The molecule has 1 atom stereocenters. The lowest BCUT2D eigenvalue weighted by Crippen LogP contribution is -2.44. The van der Waals surface area contributed by atoms with Crippen molar-refractivity contribution in [3.05, 3.63) is 95.1 Å². The molecule has 9 heteroatoms. The van der Waals surface area contributed by atoms with Gasteiger partial charge in [-0.05, 0) is 62.1 Å². The average molecular weight is 545 g/mol. The van der Waals surface area contributed by atoms with Gasteiger partial charge in [-0.3, -0.25) is 15.1 Å². The number of hydrogen-bond acceptors (Lipinski definition) is 5. The first-order valence-corrected chi connectivity index (χ1v) is 12.9. The fraction of sp³-hybridized carbons (Fsp3) is 0.290. The van der Waals surface area contributed by atoms with Crippen molar-refractivity contribution < 1.29 is 24.2 Å². The number of rotatable bonds is 8. The summed E-state index contributed by atoms with van der Waals surface area (Å²) in [6.45, 7) is 7.62. The molecule has 0 aliphatic heterocycles. The predicted molar refractivity (Wildman–Crippen MR) is 155 cm³/mol. The fourth-order valence-corrected chi connectivity index (χ4v) is 3.78. The minimum atomic E-state index is -1.19. The number of aliphatic carboxylic acids is 1. The molecule has 4 N–H and O–H groups in total. The van der Waals surface area contributed by atoms with Crippen molar-refractivity contribution in [1.82, 2.24) is 16.0 Å². The van der Waals surface area contributed by atoms with Gasteiger partial charge >= 0.3 is 12.1 Å². The first-order valence-electron chi connectivity index (χ1n) is 12.9. The van der Waals surface area contributed by atoms with Crippen molar-refractivity contribution in [2.24, 2.45) is 4.99 Å². The summed E-state index contributed by atoms with van der Waals surface area (Å²) in [5.74, 6) is -1.23. The highest BCUT2D eigenvalue weighted by Gasteiger charge is 2.24. The number of hydrogen-bond donors (Lipinski definition) is 4. The Morgan fingerprint density at radius 2 is 1.43 bits per heavy atom. The first-order chi connectivity index (χ1) is 18.9. The summed E-state index contributed by atoms with van der Waals surface area (Å²) in [5.41, 5.74) is 4.79. The van der Waals surface area contributed by atoms with E-state index in [0.29, 0.717) is 23.6 Å². The smallest absolute Gasteiger partial charge is 0.408 e. The van der Waals surface area contributed by atoms with Crippen LogP contribution in [0.3, 0.4) is 0 Å². The Labute approximate surface area is 234 Å². The molecule has 0 saturated carbocycles. The molecular formula is C31H36N4O5. The summed E-state index contributed by atoms with van der Waals surface area (Å²) < 4.78 is 5.15. The van der Waals surface area contributed by atoms with Gasteiger partial charge in [0.2, 0.25) is 0 Å². The Bertz CT molecular complexity index is 1340. The lowest BCUT2D eigenvalue weighted by atomic mass is 10.0. The molecule has 0 aliphatic rings. The molecule has 40 heavy (non-hydrogen) atoms. The normalized spacial score (nSPS) is 12.3. The van der Waals surface area contributed by atoms with Crippen LogP contribution in [-0.2, 0) is 22.5 Å². The Balaban J connectivity index is 1.53. The monoisotopic (exact) mass is 544 g/mol. The molecule has 2 amide bonds. The molecule has 0 bridgehead atoms. The minimum absolute atomic E-state index is 0.0302. The number of alkyl carbamates (subject to hydrolysis) is 1. The van der Waals surface area contributed by atoms with Crippen LogP contribution in [0.15, 0.2) is 77.8 Å². The standard InChI is InChI=1S/C31H36N4O5/c1-20-6-12-23(13-7-20)24-14-10-22(11-15-24)19-33-29(32-5)35-27(36)25-16-8-21(9-17-25)18-26(28(37)38)34-30(39)40-31(2,3)4/h6-17,26H,18-19H2,1-5H3,(H,34,39)(H,37,38)(H2,32,33,35,36). The number of carbonyl (C=O) groups is 3. The van der Waals surface area contributed by atoms with E-state index in [4.69, 9.17) is 4.74 Å². The molecule has 3 aromatic rings. The van der Waals surface area contributed by atoms with Crippen molar-refractivity contribution in [1.29, 1.82) is 0 Å². The molecule has 0 radical (unpaired) electrons. The van der Waals surface area contributed by atoms with Gasteiger partial charge in [0.15, 0.2) is 5.96 Å². The molecule has 0 fully saturated rings. The molecule has 0 spiro atoms. The topological polar surface area (TPSA) is 129 Å². The number of nitrogens with one attached hydrogen (secondary N) is 3. The Morgan fingerprint density at radius 3 is 1.95 bits per heavy atom. The van der Waals surface area contributed by atoms with Crippen molar-refractivity contribution >= 4 is 23.9 Å². The summed E-state index contributed by atoms with van der Waals surface area (Å²) in [6, 6.07) is 21.8. The van der Waals surface area contributed by atoms with Gasteiger partial charge in [0.05, 0.1) is 0 Å². The SMILES string of the molecule is CN=C(NCc1ccc(-c2ccc(C)cc2)cc1)NC(=O)c1ccc(CC(NC(=O)OC(C)(C)C)C(=O)O)cc1. The van der Waals surface area contributed by atoms with E-state index in [1.54, 1.807) is 52.1 Å². The lowest BCUT2D eigenvalue weighted by molar-refractivity contribution is -0.139. The molecule has 1 unspecified atom stereocenters. The summed E-state index contributed by atoms with van der Waals surface area (Å²) in [6.07, 6.45) is -0.778. The zero-order valence-electron chi connectivity index (χ0n) is 23.4. The first kappa shape index (κ1) is 29.9. The van der Waals surface area contributed by atoms with E-state index in [9.17, 15) is 19.5 Å². The van der Waals surface area contributed by atoms with E-state index in [2.05, 4.69) is 64.3 Å². The number of carbonyl (C=O) groups excluding carboxylic acids is 2. The van der Waals surface area contributed by atoms with Gasteiger partial charge in [-0.2, -0.15) is 0 Å². The number of aryl methyl sites for hydroxylation is 1. The molecule has 0 saturated heterocycles. The number of guanidine groups is 1. The van der Waals surface area contributed by atoms with Gasteiger partial charge in [-0.25, -0.2) is 9.59 Å². The Morgan fingerprint density at radius 1 is 0.875 bits per heavy atom. The number of ether oxygens (including phenoxy) is 1. The largest absolute Gasteiger partial charge is 0.480 e. The van der Waals surface area contributed by atoms with Crippen molar-refractivity contribution in [2.75, 3.05) is 7.05 Å². The predicted octanol–water partition coefficient (Wildman–Crippen LogP) is 4.69. The van der Waals surface area contributed by atoms with E-state index in [-0.39, 0.29) is 12.3 Å². The zero-order valence-corrected chi connectivity index (χ0v) is 23.4. The van der Waals surface area contributed by atoms with Crippen molar-refractivity contribution in [2.45, 2.75) is 52.3 Å². The Hall–Kier alpha value is -4.66. The summed E-state index contributed by atoms with van der Waals surface area (Å²) in [4.78, 5) is 40.5. The Kier molecular flexibility index (Phi) is 10.0. The molecule has 210 valence electrons. The second kappa shape index (κ2) is 13.4. The maximum absolute atomic E-state index is 12.8. The third-order valence-corrected chi connectivity index (χ3v) is 5.90. The highest BCUT2D eigenvalue weighted by molar-refractivity contribution is 6.05. The van der Waals surface area contributed by atoms with Gasteiger partial charge in [0, 0.05) is 25.6 Å². The second-order valence-corrected chi connectivity index (χ2v) is 10.4. The minimum Gasteiger partial charge on any atom is -0.480 e. The van der Waals surface area contributed by atoms with Crippen LogP contribution in [0.4, 0.5) is 4.79 Å². The number of amides is 2. The number of nitrogens with zero attached hydrogens (tertiary/aromatic N) is 1. The van der Waals surface area contributed by atoms with Crippen LogP contribution in [0.1, 0.15) is 47.8 Å². The van der Waals surface area contributed by atoms with E-state index in [1.165, 1.54) is 5.56 Å². The van der Waals surface area contributed by atoms with Gasteiger partial charge < -0.3 is 20.5 Å². The molecule has 3 aromatic carbocycles. The van der Waals surface area contributed by atoms with Crippen molar-refractivity contribution in [3.8, 4) is 11.1 Å². The molecule has 0 aromatic heterocycles. The number of benzene rings is 3. The third-order valence-electron chi connectivity index (χ3n) is 5.90. The van der Waals surface area contributed by atoms with Gasteiger partial charge in [0.25, 0.3) is 5.91 Å². The summed E-state index contributed by atoms with van der Waals surface area (Å²) >= 11 is 0. The molecule has 0 heterocycles. The van der Waals surface area contributed by atoms with E-state index < -0.39 is 23.7 Å². The van der Waals surface area contributed by atoms with Crippen LogP contribution in [0.25, 0.3) is 11.1 Å². The van der Waals surface area contributed by atoms with Gasteiger partial charge in [-0.1, -0.05) is 66.2 Å². The van der Waals surface area contributed by atoms with Crippen LogP contribution in [-0.4, -0.2) is 47.7 Å². The van der Waals surface area contributed by atoms with Gasteiger partial charge in [0.1, 0.15) is 11.6 Å². The van der Waals surface area contributed by atoms with E-state index in [0.717, 1.165) is 16.7 Å². The van der Waals surface area contributed by atoms with Gasteiger partial charge in [-0.15, -0.1) is 0 Å². The van der Waals surface area contributed by atoms with Crippen LogP contribution < -0.4 is 16.0 Å². The molecule has 9 nitrogen and oxygen atoms in total. The van der Waals surface area contributed by atoms with Crippen LogP contribution in [0.2, 0.25) is 0 Å². The van der Waals surface area contributed by atoms with Crippen molar-refractivity contribution in [3.63, 3.8) is 0 Å². The van der Waals surface area contributed by atoms with Crippen LogP contribution in [0.5, 0.6) is 0 Å². The maximum Gasteiger partial charge on any atom is 0.408 e. The summed E-state index contributed by atoms with van der Waals surface area (Å²) in [7, 11) is 1.58. The number of carboxylic acid groups (broad SMARTS) is 1. The number of aliphatic imine (C=N–C) groups is 1. The van der Waals surface area contributed by atoms with E-state index >= 15 is 0 Å². The molecule has 0 aliphatic carbocycles. The summed E-state index contributed by atoms with van der Waals surface area (Å²) in [5, 5.41) is 17.8. The highest BCUT2D eigenvalue weighted by Crippen LogP contribution is 2.20. The molecular weight excluding hydrogens is 508 g/mol. The van der Waals surface area contributed by atoms with E-state index in [1.807, 2.05) is 12.1 Å². The average Bonchev–Trinajstić information content (AvgIpc) is 2.90. The third kappa shape index (κ3) is 9.27. The second-order valence-electron chi connectivity index (χ2n) is 10.4. The van der Waals surface area contributed by atoms with Crippen LogP contribution in [0, 0.1) is 6.92 Å². The molecule has 3 rings (SSSR count). The quantitative estimate of drug-likeness (QED) is 0.241. The fourth-order valence-electron chi connectivity index (χ4n) is 3.78. The maximum atomic E-state index is 12.8. The zero-order chi connectivity index (χ0) is 29.3.